The number of unbranched alkanes of at least 4 members (excludes halogenated alkanes) is 53. The molecule has 0 aliphatic rings. The van der Waals surface area contributed by atoms with E-state index in [0.29, 0.717) is 25.7 Å². The first-order chi connectivity index (χ1) is 50.4. The Morgan fingerprint density at radius 2 is 0.490 bits per heavy atom. The Bertz CT molecular complexity index is 2000. The van der Waals surface area contributed by atoms with Crippen LogP contribution in [0.1, 0.15) is 452 Å². The van der Waals surface area contributed by atoms with Crippen LogP contribution in [0.3, 0.4) is 0 Å². The van der Waals surface area contributed by atoms with Crippen molar-refractivity contribution >= 4 is 39.5 Å². The van der Waals surface area contributed by atoms with E-state index in [9.17, 15) is 43.2 Å². The number of hydrogen-bond acceptors (Lipinski definition) is 15. The molecule has 19 heteroatoms. The highest BCUT2D eigenvalue weighted by molar-refractivity contribution is 7.47. The number of esters is 4. The third-order valence-electron chi connectivity index (χ3n) is 20.3. The van der Waals surface area contributed by atoms with E-state index in [1.807, 2.05) is 0 Å². The Kier molecular flexibility index (Phi) is 75.0. The number of hydrogen-bond donors (Lipinski definition) is 3. The van der Waals surface area contributed by atoms with E-state index in [0.717, 1.165) is 102 Å². The van der Waals surface area contributed by atoms with Crippen LogP contribution in [-0.4, -0.2) is 96.7 Å². The van der Waals surface area contributed by atoms with Gasteiger partial charge in [-0.05, 0) is 37.5 Å². The van der Waals surface area contributed by atoms with Gasteiger partial charge in [-0.3, -0.25) is 37.3 Å². The molecule has 17 nitrogen and oxygen atoms in total. The minimum absolute atomic E-state index is 0.107. The summed E-state index contributed by atoms with van der Waals surface area (Å²) in [6, 6.07) is 0. The number of ether oxygens (including phenoxy) is 4. The molecule has 0 fully saturated rings. The molecule has 0 heterocycles. The molecule has 0 aliphatic carbocycles. The standard InChI is InChI=1S/C85H166O17P2/c1-7-10-12-14-16-18-20-21-22-25-29-32-38-44-50-56-62-68-83(88)96-74-81(101-84(89)69-63-57-51-45-39-33-30-27-24-23-26-28-31-37-42-48-54-60-66-78(6)9-3)76-100-104(93,94)98-72-79(86)71-97-103(91,92)99-75-80(73-95-82(87)67-61-55-49-43-35-19-17-15-13-11-8-2)102-85(90)70-64-58-52-46-40-34-36-41-47-53-59-65-77(4)5/h77-81,86H,7-76H2,1-6H3,(H,91,92)(H,93,94)/t78?,79-,80+,81+/m0/s1. The van der Waals surface area contributed by atoms with Crippen LogP contribution < -0.4 is 0 Å². The van der Waals surface area contributed by atoms with Crippen LogP contribution in [0.25, 0.3) is 0 Å². The van der Waals surface area contributed by atoms with Crippen LogP contribution in [0.5, 0.6) is 0 Å². The van der Waals surface area contributed by atoms with Gasteiger partial charge in [-0.1, -0.05) is 401 Å². The molecule has 0 aromatic rings. The van der Waals surface area contributed by atoms with Gasteiger partial charge in [-0.2, -0.15) is 0 Å². The topological polar surface area (TPSA) is 237 Å². The number of carbonyl (C=O) groups excluding carboxylic acids is 4. The Labute approximate surface area is 638 Å². The van der Waals surface area contributed by atoms with Crippen molar-refractivity contribution in [3.05, 3.63) is 0 Å². The fourth-order valence-corrected chi connectivity index (χ4v) is 14.8. The van der Waals surface area contributed by atoms with Crippen molar-refractivity contribution in [1.82, 2.24) is 0 Å². The second kappa shape index (κ2) is 76.4. The second-order valence-corrected chi connectivity index (χ2v) is 34.2. The third kappa shape index (κ3) is 76.8. The first kappa shape index (κ1) is 102. The van der Waals surface area contributed by atoms with Crippen molar-refractivity contribution < 1.29 is 80.2 Å². The van der Waals surface area contributed by atoms with E-state index in [1.165, 1.54) is 270 Å². The van der Waals surface area contributed by atoms with Crippen LogP contribution in [0.15, 0.2) is 0 Å². The van der Waals surface area contributed by atoms with Crippen LogP contribution in [0.2, 0.25) is 0 Å². The number of aliphatic hydroxyl groups excluding tert-OH is 1. The smallest absolute Gasteiger partial charge is 0.462 e. The Hall–Kier alpha value is -1.94. The first-order valence-electron chi connectivity index (χ1n) is 44.0. The average Bonchev–Trinajstić information content (AvgIpc) is 0.906. The summed E-state index contributed by atoms with van der Waals surface area (Å²) in [6.07, 6.45) is 67.9. The molecule has 0 spiro atoms. The van der Waals surface area contributed by atoms with E-state index >= 15 is 0 Å². The molecule has 0 aromatic heterocycles. The summed E-state index contributed by atoms with van der Waals surface area (Å²) in [5, 5.41) is 10.7. The summed E-state index contributed by atoms with van der Waals surface area (Å²) in [7, 11) is -9.92. The highest BCUT2D eigenvalue weighted by atomic mass is 31.2. The van der Waals surface area contributed by atoms with Gasteiger partial charge in [-0.15, -0.1) is 0 Å². The molecule has 0 amide bonds. The van der Waals surface area contributed by atoms with E-state index < -0.39 is 97.5 Å². The van der Waals surface area contributed by atoms with E-state index in [4.69, 9.17) is 37.0 Å². The van der Waals surface area contributed by atoms with Gasteiger partial charge in [0.15, 0.2) is 12.2 Å². The van der Waals surface area contributed by atoms with Crippen LogP contribution in [0, 0.1) is 11.8 Å². The minimum Gasteiger partial charge on any atom is -0.462 e. The molecule has 104 heavy (non-hydrogen) atoms. The summed E-state index contributed by atoms with van der Waals surface area (Å²) in [5.74, 6) is -0.466. The number of rotatable bonds is 84. The van der Waals surface area contributed by atoms with Gasteiger partial charge in [-0.25, -0.2) is 9.13 Å². The number of aliphatic hydroxyl groups is 1. The van der Waals surface area contributed by atoms with Gasteiger partial charge in [0.25, 0.3) is 0 Å². The molecular weight excluding hydrogens is 1350 g/mol. The summed E-state index contributed by atoms with van der Waals surface area (Å²) in [5.41, 5.74) is 0. The summed E-state index contributed by atoms with van der Waals surface area (Å²) in [6.45, 7) is 9.73. The monoisotopic (exact) mass is 1520 g/mol. The van der Waals surface area contributed by atoms with Gasteiger partial charge in [0.2, 0.25) is 0 Å². The van der Waals surface area contributed by atoms with Gasteiger partial charge in [0, 0.05) is 25.7 Å². The molecule has 0 saturated carbocycles. The zero-order chi connectivity index (χ0) is 76.4. The van der Waals surface area contributed by atoms with Crippen molar-refractivity contribution in [2.75, 3.05) is 39.6 Å². The van der Waals surface area contributed by atoms with Crippen molar-refractivity contribution in [1.29, 1.82) is 0 Å². The number of phosphoric ester groups is 2. The molecule has 6 atom stereocenters. The molecule has 0 aromatic carbocycles. The van der Waals surface area contributed by atoms with Gasteiger partial charge >= 0.3 is 39.5 Å². The van der Waals surface area contributed by atoms with Crippen LogP contribution in [0.4, 0.5) is 0 Å². The van der Waals surface area contributed by atoms with Crippen LogP contribution in [-0.2, 0) is 65.4 Å². The zero-order valence-electron chi connectivity index (χ0n) is 68.3. The molecule has 0 saturated heterocycles. The third-order valence-corrected chi connectivity index (χ3v) is 22.2. The highest BCUT2D eigenvalue weighted by Gasteiger charge is 2.30. The number of carbonyl (C=O) groups is 4. The Balaban J connectivity index is 5.23. The fraction of sp³-hybridized carbons (Fsp3) is 0.953. The first-order valence-corrected chi connectivity index (χ1v) is 47.0. The lowest BCUT2D eigenvalue weighted by molar-refractivity contribution is -0.161. The van der Waals surface area contributed by atoms with Crippen LogP contribution >= 0.6 is 15.6 Å². The predicted octanol–water partition coefficient (Wildman–Crippen LogP) is 25.8. The maximum atomic E-state index is 13.1. The van der Waals surface area contributed by atoms with Gasteiger partial charge in [0.05, 0.1) is 26.4 Å². The highest BCUT2D eigenvalue weighted by Crippen LogP contribution is 2.45. The zero-order valence-corrected chi connectivity index (χ0v) is 70.1. The van der Waals surface area contributed by atoms with Crippen molar-refractivity contribution in [2.24, 2.45) is 11.8 Å². The average molecular weight is 1520 g/mol. The normalized spacial score (nSPS) is 14.1. The molecule has 618 valence electrons. The minimum atomic E-state index is -4.96. The quantitative estimate of drug-likeness (QED) is 0.0222. The molecule has 3 N–H and O–H groups in total. The largest absolute Gasteiger partial charge is 0.472 e. The fourth-order valence-electron chi connectivity index (χ4n) is 13.2. The van der Waals surface area contributed by atoms with E-state index in [-0.39, 0.29) is 25.7 Å². The Morgan fingerprint density at radius 3 is 0.731 bits per heavy atom. The summed E-state index contributed by atoms with van der Waals surface area (Å²) >= 11 is 0. The van der Waals surface area contributed by atoms with E-state index in [1.54, 1.807) is 0 Å². The Morgan fingerprint density at radius 1 is 0.279 bits per heavy atom. The molecule has 0 aliphatic heterocycles. The predicted molar refractivity (Wildman–Crippen MR) is 428 cm³/mol. The summed E-state index contributed by atoms with van der Waals surface area (Å²) < 4.78 is 68.9. The maximum Gasteiger partial charge on any atom is 0.472 e. The molecule has 0 rings (SSSR count). The van der Waals surface area contributed by atoms with Gasteiger partial charge in [0.1, 0.15) is 19.3 Å². The SMILES string of the molecule is CCCCCCCCCCCCCCCCCCCC(=O)OC[C@H](COP(=O)(O)OC[C@@H](O)COP(=O)(O)OC[C@@H](COC(=O)CCCCCCCCCCCCC)OC(=O)CCCCCCCCCCCCCC(C)C)OC(=O)CCCCCCCCCCCCCCCCCCCCC(C)CC. The lowest BCUT2D eigenvalue weighted by Crippen LogP contribution is -2.30. The lowest BCUT2D eigenvalue weighted by Gasteiger charge is -2.21. The second-order valence-electron chi connectivity index (χ2n) is 31.3. The molecule has 0 bridgehead atoms. The van der Waals surface area contributed by atoms with Crippen molar-refractivity contribution in [3.63, 3.8) is 0 Å². The van der Waals surface area contributed by atoms with Crippen molar-refractivity contribution in [3.8, 4) is 0 Å². The number of phosphoric acid groups is 2. The maximum absolute atomic E-state index is 13.1. The molecule has 3 unspecified atom stereocenters. The molecular formula is C85H166O17P2. The van der Waals surface area contributed by atoms with E-state index in [2.05, 4.69) is 41.5 Å². The lowest BCUT2D eigenvalue weighted by atomic mass is 9.99. The van der Waals surface area contributed by atoms with Gasteiger partial charge < -0.3 is 33.8 Å². The van der Waals surface area contributed by atoms with Crippen molar-refractivity contribution in [2.45, 2.75) is 471 Å². The summed E-state index contributed by atoms with van der Waals surface area (Å²) in [4.78, 5) is 73.2. The molecule has 0 radical (unpaired) electrons.